The molecule has 14 heavy (non-hydrogen) atoms. The lowest BCUT2D eigenvalue weighted by molar-refractivity contribution is -0.119. The molecule has 0 radical (unpaired) electrons. The summed E-state index contributed by atoms with van der Waals surface area (Å²) in [7, 11) is 3.35. The van der Waals surface area contributed by atoms with Crippen molar-refractivity contribution in [2.75, 3.05) is 20.8 Å². The first-order valence-corrected chi connectivity index (χ1v) is 5.30. The van der Waals surface area contributed by atoms with Crippen LogP contribution in [0, 0.1) is 11.3 Å². The van der Waals surface area contributed by atoms with Crippen molar-refractivity contribution in [3.63, 3.8) is 0 Å². The fraction of sp³-hybridized carbons (Fsp3) is 1.00. The molecule has 84 valence electrons. The van der Waals surface area contributed by atoms with Crippen molar-refractivity contribution in [1.29, 1.82) is 0 Å². The van der Waals surface area contributed by atoms with Crippen molar-refractivity contribution < 1.29 is 9.47 Å². The molecular weight excluding hydrogens is 178 g/mol. The van der Waals surface area contributed by atoms with E-state index in [4.69, 9.17) is 9.47 Å². The molecule has 0 aromatic heterocycles. The van der Waals surface area contributed by atoms with E-state index in [2.05, 4.69) is 26.1 Å². The third-order valence-electron chi connectivity index (χ3n) is 3.28. The Hall–Kier alpha value is -0.120. The van der Waals surface area contributed by atoms with Gasteiger partial charge in [-0.05, 0) is 31.2 Å². The van der Waals surface area contributed by atoms with Gasteiger partial charge in [0, 0.05) is 14.2 Å². The molecule has 3 heteroatoms. The zero-order chi connectivity index (χ0) is 10.8. The van der Waals surface area contributed by atoms with Crippen LogP contribution in [0.3, 0.4) is 0 Å². The fourth-order valence-electron chi connectivity index (χ4n) is 1.85. The lowest BCUT2D eigenvalue weighted by Gasteiger charge is -2.22. The minimum Gasteiger partial charge on any atom is -0.354 e. The van der Waals surface area contributed by atoms with Crippen molar-refractivity contribution >= 4 is 0 Å². The second-order valence-corrected chi connectivity index (χ2v) is 4.93. The van der Waals surface area contributed by atoms with E-state index in [1.807, 2.05) is 0 Å². The summed E-state index contributed by atoms with van der Waals surface area (Å²) < 4.78 is 10.4. The van der Waals surface area contributed by atoms with Gasteiger partial charge in [0.1, 0.15) is 0 Å². The highest BCUT2D eigenvalue weighted by Gasteiger charge is 2.45. The fourth-order valence-corrected chi connectivity index (χ4v) is 1.85. The number of nitrogens with one attached hydrogen (secondary N) is 1. The van der Waals surface area contributed by atoms with Gasteiger partial charge in [-0.25, -0.2) is 0 Å². The van der Waals surface area contributed by atoms with E-state index < -0.39 is 0 Å². The Morgan fingerprint density at radius 3 is 2.21 bits per heavy atom. The summed E-state index contributed by atoms with van der Waals surface area (Å²) in [4.78, 5) is 0. The van der Waals surface area contributed by atoms with Crippen molar-refractivity contribution in [3.05, 3.63) is 0 Å². The Balaban J connectivity index is 2.18. The molecule has 0 aromatic carbocycles. The summed E-state index contributed by atoms with van der Waals surface area (Å²) in [6.07, 6.45) is 1.19. The van der Waals surface area contributed by atoms with Gasteiger partial charge in [-0.1, -0.05) is 13.8 Å². The molecule has 0 aromatic rings. The van der Waals surface area contributed by atoms with Gasteiger partial charge in [0.25, 0.3) is 0 Å². The summed E-state index contributed by atoms with van der Waals surface area (Å²) >= 11 is 0. The quantitative estimate of drug-likeness (QED) is 0.663. The third kappa shape index (κ3) is 2.94. The normalized spacial score (nSPS) is 26.6. The van der Waals surface area contributed by atoms with Crippen LogP contribution in [0.5, 0.6) is 0 Å². The van der Waals surface area contributed by atoms with Crippen LogP contribution in [-0.2, 0) is 9.47 Å². The highest BCUT2D eigenvalue weighted by molar-refractivity contribution is 4.96. The van der Waals surface area contributed by atoms with Gasteiger partial charge in [-0.15, -0.1) is 0 Å². The maximum atomic E-state index is 5.18. The minimum atomic E-state index is -0.142. The molecule has 2 unspecified atom stereocenters. The smallest absolute Gasteiger partial charge is 0.171 e. The van der Waals surface area contributed by atoms with Crippen LogP contribution in [0.25, 0.3) is 0 Å². The standard InChI is InChI=1S/C11H23NO2/c1-8(10(13-4)14-5)12-7-9-6-11(9,2)3/h8-10,12H,6-7H2,1-5H3. The average molecular weight is 201 g/mol. The lowest BCUT2D eigenvalue weighted by atomic mass is 10.1. The van der Waals surface area contributed by atoms with Crippen LogP contribution >= 0.6 is 0 Å². The number of hydrogen-bond donors (Lipinski definition) is 1. The first-order valence-electron chi connectivity index (χ1n) is 5.30. The van der Waals surface area contributed by atoms with Gasteiger partial charge < -0.3 is 14.8 Å². The van der Waals surface area contributed by atoms with Gasteiger partial charge in [-0.3, -0.25) is 0 Å². The number of hydrogen-bond acceptors (Lipinski definition) is 3. The molecule has 1 fully saturated rings. The Labute approximate surface area is 87.2 Å². The molecule has 1 saturated carbocycles. The molecule has 1 aliphatic rings. The van der Waals surface area contributed by atoms with E-state index >= 15 is 0 Å². The van der Waals surface area contributed by atoms with Gasteiger partial charge in [0.05, 0.1) is 6.04 Å². The second kappa shape index (κ2) is 4.60. The predicted molar refractivity (Wildman–Crippen MR) is 57.2 cm³/mol. The largest absolute Gasteiger partial charge is 0.354 e. The van der Waals surface area contributed by atoms with Gasteiger partial charge in [-0.2, -0.15) is 0 Å². The molecule has 1 rings (SSSR count). The van der Waals surface area contributed by atoms with Crippen molar-refractivity contribution in [1.82, 2.24) is 5.32 Å². The summed E-state index contributed by atoms with van der Waals surface area (Å²) in [6, 6.07) is 0.251. The third-order valence-corrected chi connectivity index (χ3v) is 3.28. The van der Waals surface area contributed by atoms with Crippen molar-refractivity contribution in [2.24, 2.45) is 11.3 Å². The molecule has 0 bridgehead atoms. The zero-order valence-electron chi connectivity index (χ0n) is 9.96. The van der Waals surface area contributed by atoms with Crippen molar-refractivity contribution in [2.45, 2.75) is 39.5 Å². The molecule has 0 amide bonds. The lowest BCUT2D eigenvalue weighted by Crippen LogP contribution is -2.40. The Kier molecular flexibility index (Phi) is 3.93. The number of ether oxygens (including phenoxy) is 2. The first kappa shape index (κ1) is 12.0. The molecule has 1 N–H and O–H groups in total. The van der Waals surface area contributed by atoms with Crippen LogP contribution < -0.4 is 5.32 Å². The molecule has 3 nitrogen and oxygen atoms in total. The highest BCUT2D eigenvalue weighted by Crippen LogP contribution is 2.51. The van der Waals surface area contributed by atoms with Crippen LogP contribution in [0.4, 0.5) is 0 Å². The Bertz CT molecular complexity index is 178. The monoisotopic (exact) mass is 201 g/mol. The number of methoxy groups -OCH3 is 2. The molecule has 1 aliphatic carbocycles. The maximum Gasteiger partial charge on any atom is 0.171 e. The summed E-state index contributed by atoms with van der Waals surface area (Å²) in [5, 5.41) is 3.45. The van der Waals surface area contributed by atoms with E-state index in [9.17, 15) is 0 Å². The molecule has 2 atom stereocenters. The minimum absolute atomic E-state index is 0.142. The zero-order valence-corrected chi connectivity index (χ0v) is 9.96. The molecule has 0 spiro atoms. The SMILES string of the molecule is COC(OC)C(C)NCC1CC1(C)C. The van der Waals surface area contributed by atoms with Crippen LogP contribution in [0.2, 0.25) is 0 Å². The summed E-state index contributed by atoms with van der Waals surface area (Å²) in [5.74, 6) is 0.819. The Morgan fingerprint density at radius 2 is 1.86 bits per heavy atom. The maximum absolute atomic E-state index is 5.18. The molecule has 0 aliphatic heterocycles. The van der Waals surface area contributed by atoms with E-state index in [1.54, 1.807) is 14.2 Å². The topological polar surface area (TPSA) is 30.5 Å². The van der Waals surface area contributed by atoms with Crippen LogP contribution in [0.15, 0.2) is 0 Å². The molecule has 0 saturated heterocycles. The van der Waals surface area contributed by atoms with Gasteiger partial charge >= 0.3 is 0 Å². The average Bonchev–Trinajstić information content (AvgIpc) is 2.73. The van der Waals surface area contributed by atoms with E-state index in [-0.39, 0.29) is 12.3 Å². The molecular formula is C11H23NO2. The van der Waals surface area contributed by atoms with E-state index in [0.29, 0.717) is 5.41 Å². The van der Waals surface area contributed by atoms with Gasteiger partial charge in [0.2, 0.25) is 0 Å². The predicted octanol–water partition coefficient (Wildman–Crippen LogP) is 1.63. The summed E-state index contributed by atoms with van der Waals surface area (Å²) in [6.45, 7) is 7.78. The van der Waals surface area contributed by atoms with Crippen molar-refractivity contribution in [3.8, 4) is 0 Å². The van der Waals surface area contributed by atoms with Crippen LogP contribution in [0.1, 0.15) is 27.2 Å². The molecule has 0 heterocycles. The Morgan fingerprint density at radius 1 is 1.36 bits per heavy atom. The first-order chi connectivity index (χ1) is 6.51. The second-order valence-electron chi connectivity index (χ2n) is 4.93. The summed E-state index contributed by atoms with van der Waals surface area (Å²) in [5.41, 5.74) is 0.544. The highest BCUT2D eigenvalue weighted by atomic mass is 16.7. The van der Waals surface area contributed by atoms with Gasteiger partial charge in [0.15, 0.2) is 6.29 Å². The number of rotatable bonds is 6. The van der Waals surface area contributed by atoms with Crippen LogP contribution in [-0.4, -0.2) is 33.1 Å². The van der Waals surface area contributed by atoms with E-state index in [1.165, 1.54) is 6.42 Å². The van der Waals surface area contributed by atoms with E-state index in [0.717, 1.165) is 12.5 Å².